The molecule has 0 atom stereocenters. The summed E-state index contributed by atoms with van der Waals surface area (Å²) in [7, 11) is 0. The van der Waals surface area contributed by atoms with E-state index in [1.165, 1.54) is 12.1 Å². The molecule has 0 saturated carbocycles. The number of carboxylic acid groups (broad SMARTS) is 1. The van der Waals surface area contributed by atoms with Crippen LogP contribution in [0.1, 0.15) is 36.5 Å². The number of benzene rings is 2. The molecule has 1 aliphatic heterocycles. The van der Waals surface area contributed by atoms with E-state index in [1.54, 1.807) is 6.07 Å². The number of aryl methyl sites for hydroxylation is 1. The molecule has 0 fully saturated rings. The van der Waals surface area contributed by atoms with Gasteiger partial charge in [0.15, 0.2) is 0 Å². The lowest BCUT2D eigenvalue weighted by molar-refractivity contribution is -0.137. The molecule has 0 unspecified atom stereocenters. The Labute approximate surface area is 179 Å². The van der Waals surface area contributed by atoms with Crippen LogP contribution >= 0.6 is 11.6 Å². The average molecular weight is 437 g/mol. The summed E-state index contributed by atoms with van der Waals surface area (Å²) in [5.41, 5.74) is 3.18. The van der Waals surface area contributed by atoms with Crippen LogP contribution < -0.4 is 4.74 Å². The molecule has 0 radical (unpaired) electrons. The highest BCUT2D eigenvalue weighted by atomic mass is 35.5. The molecular formula is C23H23ClF2O4. The minimum absolute atomic E-state index is 0.0358. The van der Waals surface area contributed by atoms with Gasteiger partial charge in [0.05, 0.1) is 13.2 Å². The minimum atomic E-state index is -3.10. The quantitative estimate of drug-likeness (QED) is 0.574. The summed E-state index contributed by atoms with van der Waals surface area (Å²) in [6.07, 6.45) is 0.554. The first kappa shape index (κ1) is 22.2. The molecule has 0 bridgehead atoms. The van der Waals surface area contributed by atoms with Crippen molar-refractivity contribution in [3.8, 4) is 5.75 Å². The molecule has 0 spiro atoms. The van der Waals surface area contributed by atoms with Gasteiger partial charge in [-0.25, -0.2) is 8.78 Å². The van der Waals surface area contributed by atoms with E-state index in [-0.39, 0.29) is 25.0 Å². The summed E-state index contributed by atoms with van der Waals surface area (Å²) in [5, 5.41) is 9.50. The third-order valence-electron chi connectivity index (χ3n) is 4.97. The number of aliphatic carboxylic acids is 1. The van der Waals surface area contributed by atoms with Crippen LogP contribution in [0, 0.1) is 0 Å². The Morgan fingerprint density at radius 3 is 2.63 bits per heavy atom. The summed E-state index contributed by atoms with van der Waals surface area (Å²) in [4.78, 5) is 10.8. The van der Waals surface area contributed by atoms with Gasteiger partial charge in [0, 0.05) is 23.9 Å². The lowest BCUT2D eigenvalue weighted by Gasteiger charge is -2.22. The number of alkyl halides is 2. The topological polar surface area (TPSA) is 55.8 Å². The normalized spacial score (nSPS) is 14.7. The number of carbonyl (C=O) groups is 1. The summed E-state index contributed by atoms with van der Waals surface area (Å²) < 4.78 is 39.6. The lowest BCUT2D eigenvalue weighted by atomic mass is 9.96. The molecule has 0 saturated heterocycles. The van der Waals surface area contributed by atoms with Gasteiger partial charge < -0.3 is 14.6 Å². The molecule has 1 N–H and O–H groups in total. The molecule has 0 amide bonds. The molecule has 2 aromatic rings. The predicted octanol–water partition coefficient (Wildman–Crippen LogP) is 5.72. The van der Waals surface area contributed by atoms with E-state index >= 15 is 0 Å². The molecule has 1 aliphatic rings. The van der Waals surface area contributed by atoms with E-state index in [2.05, 4.69) is 0 Å². The first-order valence-corrected chi connectivity index (χ1v) is 10.0. The highest BCUT2D eigenvalue weighted by Gasteiger charge is 2.28. The fourth-order valence-electron chi connectivity index (χ4n) is 3.45. The van der Waals surface area contributed by atoms with Crippen LogP contribution in [-0.2, 0) is 21.9 Å². The van der Waals surface area contributed by atoms with Crippen LogP contribution in [0.2, 0.25) is 5.02 Å². The zero-order valence-electron chi connectivity index (χ0n) is 16.6. The number of carboxylic acids is 1. The Morgan fingerprint density at radius 1 is 1.23 bits per heavy atom. The zero-order chi connectivity index (χ0) is 21.7. The smallest absolute Gasteiger partial charge is 0.303 e. The van der Waals surface area contributed by atoms with E-state index < -0.39 is 11.9 Å². The van der Waals surface area contributed by atoms with Crippen molar-refractivity contribution in [2.75, 3.05) is 19.8 Å². The van der Waals surface area contributed by atoms with Crippen LogP contribution in [0.3, 0.4) is 0 Å². The maximum atomic E-state index is 14.1. The second kappa shape index (κ2) is 9.58. The Hall–Kier alpha value is -2.44. The van der Waals surface area contributed by atoms with Crippen molar-refractivity contribution in [3.05, 3.63) is 69.8 Å². The minimum Gasteiger partial charge on any atom is -0.489 e. The lowest BCUT2D eigenvalue weighted by Crippen LogP contribution is -2.17. The van der Waals surface area contributed by atoms with Crippen LogP contribution in [0.4, 0.5) is 8.78 Å². The van der Waals surface area contributed by atoms with Crippen molar-refractivity contribution in [2.24, 2.45) is 0 Å². The number of halogens is 3. The molecule has 0 aromatic heterocycles. The third-order valence-corrected chi connectivity index (χ3v) is 5.22. The summed E-state index contributed by atoms with van der Waals surface area (Å²) in [5.74, 6) is -3.83. The van der Waals surface area contributed by atoms with Crippen molar-refractivity contribution < 1.29 is 28.2 Å². The maximum Gasteiger partial charge on any atom is 0.303 e. The highest BCUT2D eigenvalue weighted by Crippen LogP contribution is 2.34. The van der Waals surface area contributed by atoms with Gasteiger partial charge in [0.1, 0.15) is 12.4 Å². The summed E-state index contributed by atoms with van der Waals surface area (Å²) in [6.45, 7) is 2.02. The first-order valence-electron chi connectivity index (χ1n) is 9.64. The van der Waals surface area contributed by atoms with Crippen LogP contribution in [0.25, 0.3) is 5.57 Å². The number of hydrogen-bond donors (Lipinski definition) is 1. The largest absolute Gasteiger partial charge is 0.489 e. The fourth-order valence-corrected chi connectivity index (χ4v) is 3.57. The van der Waals surface area contributed by atoms with E-state index in [1.807, 2.05) is 24.3 Å². The molecule has 2 aromatic carbocycles. The molecule has 160 valence electrons. The van der Waals surface area contributed by atoms with Crippen molar-refractivity contribution in [2.45, 2.75) is 32.1 Å². The Balaban J connectivity index is 1.81. The molecular weight excluding hydrogens is 414 g/mol. The Kier molecular flexibility index (Phi) is 7.10. The first-order chi connectivity index (χ1) is 14.2. The summed E-state index contributed by atoms with van der Waals surface area (Å²) >= 11 is 5.97. The third kappa shape index (κ3) is 5.80. The molecule has 4 nitrogen and oxygen atoms in total. The average Bonchev–Trinajstić information content (AvgIpc) is 2.71. The van der Waals surface area contributed by atoms with Crippen LogP contribution in [-0.4, -0.2) is 30.9 Å². The van der Waals surface area contributed by atoms with Crippen LogP contribution in [0.15, 0.2) is 48.0 Å². The van der Waals surface area contributed by atoms with Crippen molar-refractivity contribution >= 4 is 23.1 Å². The fraction of sp³-hybridized carbons (Fsp3) is 0.348. The molecule has 0 aliphatic carbocycles. The summed E-state index contributed by atoms with van der Waals surface area (Å²) in [6, 6.07) is 11.9. The molecule has 3 rings (SSSR count). The van der Waals surface area contributed by atoms with Gasteiger partial charge in [-0.3, -0.25) is 4.79 Å². The predicted molar refractivity (Wildman–Crippen MR) is 111 cm³/mol. The Bertz CT molecular complexity index is 933. The molecule has 30 heavy (non-hydrogen) atoms. The van der Waals surface area contributed by atoms with Gasteiger partial charge in [-0.2, -0.15) is 0 Å². The highest BCUT2D eigenvalue weighted by molar-refractivity contribution is 6.30. The van der Waals surface area contributed by atoms with E-state index in [0.717, 1.165) is 30.1 Å². The van der Waals surface area contributed by atoms with Gasteiger partial charge in [-0.05, 0) is 59.4 Å². The number of rotatable bonds is 8. The Morgan fingerprint density at radius 2 is 1.97 bits per heavy atom. The maximum absolute atomic E-state index is 14.1. The zero-order valence-corrected chi connectivity index (χ0v) is 17.3. The SMILES string of the molecule is CC(F)(F)c1cc(OCC2=C(c3ccc(Cl)cc3)CCOC2)ccc1CCC(=O)O. The van der Waals surface area contributed by atoms with Gasteiger partial charge >= 0.3 is 5.97 Å². The second-order valence-corrected chi connectivity index (χ2v) is 7.72. The van der Waals surface area contributed by atoms with Crippen molar-refractivity contribution in [3.63, 3.8) is 0 Å². The number of hydrogen-bond acceptors (Lipinski definition) is 3. The van der Waals surface area contributed by atoms with E-state index in [0.29, 0.717) is 29.5 Å². The molecule has 1 heterocycles. The second-order valence-electron chi connectivity index (χ2n) is 7.28. The van der Waals surface area contributed by atoms with E-state index in [4.69, 9.17) is 26.2 Å². The van der Waals surface area contributed by atoms with Gasteiger partial charge in [-0.15, -0.1) is 0 Å². The monoisotopic (exact) mass is 436 g/mol. The van der Waals surface area contributed by atoms with E-state index in [9.17, 15) is 13.6 Å². The van der Waals surface area contributed by atoms with Crippen molar-refractivity contribution in [1.29, 1.82) is 0 Å². The van der Waals surface area contributed by atoms with Gasteiger partial charge in [0.2, 0.25) is 0 Å². The van der Waals surface area contributed by atoms with Crippen LogP contribution in [0.5, 0.6) is 5.75 Å². The molecule has 7 heteroatoms. The van der Waals surface area contributed by atoms with Gasteiger partial charge in [0.25, 0.3) is 5.92 Å². The number of ether oxygens (including phenoxy) is 2. The van der Waals surface area contributed by atoms with Crippen molar-refractivity contribution in [1.82, 2.24) is 0 Å². The standard InChI is InChI=1S/C23H23ClF2O4/c1-23(25,26)21-12-19(8-4-16(21)5-9-22(27)28)30-14-17-13-29-11-10-20(17)15-2-6-18(24)7-3-15/h2-4,6-8,12H,5,9-11,13-14H2,1H3,(H,27,28). The van der Waals surface area contributed by atoms with Gasteiger partial charge in [-0.1, -0.05) is 29.8 Å².